The van der Waals surface area contributed by atoms with Crippen molar-refractivity contribution in [3.8, 4) is 5.75 Å². The van der Waals surface area contributed by atoms with Crippen molar-refractivity contribution in [2.75, 3.05) is 25.5 Å². The highest BCUT2D eigenvalue weighted by Gasteiger charge is 2.29. The number of likely N-dealkylation sites (tertiary alicyclic amines) is 1. The number of carbonyl (C=O) groups is 2. The van der Waals surface area contributed by atoms with Crippen molar-refractivity contribution in [2.45, 2.75) is 26.7 Å². The minimum atomic E-state index is -0.224. The molecular formula is C22H26N2O3. The molecule has 3 rings (SSSR count). The van der Waals surface area contributed by atoms with E-state index in [1.165, 1.54) is 0 Å². The SMILES string of the molecule is COc1ccccc1NC(=O)[C@@H]1CCCN(C(=O)c2cc(C)cc(C)c2)C1. The average molecular weight is 366 g/mol. The summed E-state index contributed by atoms with van der Waals surface area (Å²) in [7, 11) is 1.58. The predicted molar refractivity (Wildman–Crippen MR) is 106 cm³/mol. The normalized spacial score (nSPS) is 16.7. The van der Waals surface area contributed by atoms with Crippen LogP contribution in [0.2, 0.25) is 0 Å². The Morgan fingerprint density at radius 3 is 2.52 bits per heavy atom. The minimum absolute atomic E-state index is 0.00316. The maximum absolute atomic E-state index is 12.9. The lowest BCUT2D eigenvalue weighted by molar-refractivity contribution is -0.121. The van der Waals surface area contributed by atoms with Gasteiger partial charge < -0.3 is 15.0 Å². The quantitative estimate of drug-likeness (QED) is 0.895. The lowest BCUT2D eigenvalue weighted by atomic mass is 9.96. The van der Waals surface area contributed by atoms with Gasteiger partial charge >= 0.3 is 0 Å². The van der Waals surface area contributed by atoms with Gasteiger partial charge in [0.25, 0.3) is 5.91 Å². The van der Waals surface area contributed by atoms with E-state index in [-0.39, 0.29) is 17.7 Å². The molecule has 2 aromatic rings. The highest BCUT2D eigenvalue weighted by molar-refractivity contribution is 5.97. The first-order valence-corrected chi connectivity index (χ1v) is 9.29. The molecule has 0 radical (unpaired) electrons. The number of carbonyl (C=O) groups excluding carboxylic acids is 2. The van der Waals surface area contributed by atoms with Crippen molar-refractivity contribution in [1.29, 1.82) is 0 Å². The molecule has 0 bridgehead atoms. The first-order valence-electron chi connectivity index (χ1n) is 9.29. The molecule has 1 atom stereocenters. The van der Waals surface area contributed by atoms with Crippen LogP contribution < -0.4 is 10.1 Å². The van der Waals surface area contributed by atoms with Crippen LogP contribution in [0.25, 0.3) is 0 Å². The van der Waals surface area contributed by atoms with Crippen LogP contribution in [-0.4, -0.2) is 36.9 Å². The van der Waals surface area contributed by atoms with E-state index in [4.69, 9.17) is 4.74 Å². The van der Waals surface area contributed by atoms with Crippen molar-refractivity contribution in [1.82, 2.24) is 4.90 Å². The standard InChI is InChI=1S/C22H26N2O3/c1-15-11-16(2)13-18(12-15)22(26)24-10-6-7-17(14-24)21(25)23-19-8-4-5-9-20(19)27-3/h4-5,8-9,11-13,17H,6-7,10,14H2,1-3H3,(H,23,25)/t17-/m1/s1. The molecule has 0 aromatic heterocycles. The largest absolute Gasteiger partial charge is 0.495 e. The molecule has 0 aliphatic carbocycles. The lowest BCUT2D eigenvalue weighted by Gasteiger charge is -2.32. The highest BCUT2D eigenvalue weighted by Crippen LogP contribution is 2.26. The Morgan fingerprint density at radius 1 is 1.11 bits per heavy atom. The molecule has 1 saturated heterocycles. The Hall–Kier alpha value is -2.82. The molecule has 1 N–H and O–H groups in total. The van der Waals surface area contributed by atoms with Crippen LogP contribution in [0.5, 0.6) is 5.75 Å². The van der Waals surface area contributed by atoms with Crippen LogP contribution in [0, 0.1) is 19.8 Å². The number of benzene rings is 2. The smallest absolute Gasteiger partial charge is 0.253 e. The van der Waals surface area contributed by atoms with Crippen molar-refractivity contribution in [3.05, 3.63) is 59.2 Å². The molecule has 0 unspecified atom stereocenters. The molecule has 5 heteroatoms. The van der Waals surface area contributed by atoms with Gasteiger partial charge in [-0.15, -0.1) is 0 Å². The molecule has 142 valence electrons. The molecule has 1 fully saturated rings. The Labute approximate surface area is 160 Å². The summed E-state index contributed by atoms with van der Waals surface area (Å²) in [6.07, 6.45) is 1.60. The van der Waals surface area contributed by atoms with Crippen LogP contribution in [0.4, 0.5) is 5.69 Å². The van der Waals surface area contributed by atoms with E-state index in [1.807, 2.05) is 50.2 Å². The zero-order valence-corrected chi connectivity index (χ0v) is 16.1. The molecule has 0 saturated carbocycles. The molecule has 2 aromatic carbocycles. The number of methoxy groups -OCH3 is 1. The fourth-order valence-corrected chi connectivity index (χ4v) is 3.64. The number of para-hydroxylation sites is 2. The van der Waals surface area contributed by atoms with Crippen molar-refractivity contribution in [3.63, 3.8) is 0 Å². The Morgan fingerprint density at radius 2 is 1.81 bits per heavy atom. The summed E-state index contributed by atoms with van der Waals surface area (Å²) in [4.78, 5) is 27.4. The zero-order chi connectivity index (χ0) is 19.4. The second-order valence-electron chi connectivity index (χ2n) is 7.16. The number of rotatable bonds is 4. The second kappa shape index (κ2) is 8.25. The molecular weight excluding hydrogens is 340 g/mol. The Bertz CT molecular complexity index is 827. The molecule has 27 heavy (non-hydrogen) atoms. The Balaban J connectivity index is 1.70. The van der Waals surface area contributed by atoms with Gasteiger partial charge in [-0.1, -0.05) is 29.3 Å². The number of anilines is 1. The third-order valence-corrected chi connectivity index (χ3v) is 4.91. The van der Waals surface area contributed by atoms with Gasteiger partial charge in [0.15, 0.2) is 0 Å². The van der Waals surface area contributed by atoms with Gasteiger partial charge in [0.2, 0.25) is 5.91 Å². The van der Waals surface area contributed by atoms with Gasteiger partial charge in [0.1, 0.15) is 5.75 Å². The fourth-order valence-electron chi connectivity index (χ4n) is 3.64. The number of nitrogens with zero attached hydrogens (tertiary/aromatic N) is 1. The fraction of sp³-hybridized carbons (Fsp3) is 0.364. The second-order valence-corrected chi connectivity index (χ2v) is 7.16. The maximum atomic E-state index is 12.9. The number of hydrogen-bond acceptors (Lipinski definition) is 3. The first kappa shape index (κ1) is 19.0. The molecule has 0 spiro atoms. The molecule has 1 aliphatic heterocycles. The topological polar surface area (TPSA) is 58.6 Å². The van der Waals surface area contributed by atoms with Gasteiger partial charge in [0, 0.05) is 18.7 Å². The maximum Gasteiger partial charge on any atom is 0.253 e. The van der Waals surface area contributed by atoms with Crippen molar-refractivity contribution < 1.29 is 14.3 Å². The van der Waals surface area contributed by atoms with Crippen LogP contribution in [-0.2, 0) is 4.79 Å². The van der Waals surface area contributed by atoms with E-state index in [0.717, 1.165) is 24.0 Å². The summed E-state index contributed by atoms with van der Waals surface area (Å²) in [5, 5.41) is 2.95. The van der Waals surface area contributed by atoms with Crippen LogP contribution >= 0.6 is 0 Å². The summed E-state index contributed by atoms with van der Waals surface area (Å²) in [6, 6.07) is 13.2. The molecule has 2 amide bonds. The molecule has 1 aliphatic rings. The van der Waals surface area contributed by atoms with E-state index >= 15 is 0 Å². The lowest BCUT2D eigenvalue weighted by Crippen LogP contribution is -2.43. The van der Waals surface area contributed by atoms with E-state index in [2.05, 4.69) is 11.4 Å². The van der Waals surface area contributed by atoms with Crippen molar-refractivity contribution in [2.24, 2.45) is 5.92 Å². The van der Waals surface area contributed by atoms with E-state index < -0.39 is 0 Å². The Kier molecular flexibility index (Phi) is 5.79. The van der Waals surface area contributed by atoms with Gasteiger partial charge in [-0.3, -0.25) is 9.59 Å². The monoisotopic (exact) mass is 366 g/mol. The van der Waals surface area contributed by atoms with Crippen LogP contribution in [0.1, 0.15) is 34.3 Å². The van der Waals surface area contributed by atoms with E-state index in [0.29, 0.717) is 30.1 Å². The minimum Gasteiger partial charge on any atom is -0.495 e. The summed E-state index contributed by atoms with van der Waals surface area (Å²) < 4.78 is 5.29. The van der Waals surface area contributed by atoms with E-state index in [9.17, 15) is 9.59 Å². The van der Waals surface area contributed by atoms with Crippen LogP contribution in [0.3, 0.4) is 0 Å². The number of hydrogen-bond donors (Lipinski definition) is 1. The summed E-state index contributed by atoms with van der Waals surface area (Å²) in [5.74, 6) is 0.331. The van der Waals surface area contributed by atoms with Gasteiger partial charge in [-0.2, -0.15) is 0 Å². The third kappa shape index (κ3) is 4.48. The summed E-state index contributed by atoms with van der Waals surface area (Å²) >= 11 is 0. The van der Waals surface area contributed by atoms with Crippen LogP contribution in [0.15, 0.2) is 42.5 Å². The van der Waals surface area contributed by atoms with E-state index in [1.54, 1.807) is 12.0 Å². The zero-order valence-electron chi connectivity index (χ0n) is 16.1. The summed E-state index contributed by atoms with van der Waals surface area (Å²) in [5.41, 5.74) is 3.49. The summed E-state index contributed by atoms with van der Waals surface area (Å²) in [6.45, 7) is 5.10. The molecule has 5 nitrogen and oxygen atoms in total. The van der Waals surface area contributed by atoms with Crippen molar-refractivity contribution >= 4 is 17.5 Å². The average Bonchev–Trinajstić information content (AvgIpc) is 2.67. The van der Waals surface area contributed by atoms with Gasteiger partial charge in [0.05, 0.1) is 18.7 Å². The van der Waals surface area contributed by atoms with Gasteiger partial charge in [-0.05, 0) is 51.0 Å². The number of aryl methyl sites for hydroxylation is 2. The third-order valence-electron chi connectivity index (χ3n) is 4.91. The molecule has 1 heterocycles. The highest BCUT2D eigenvalue weighted by atomic mass is 16.5. The number of ether oxygens (including phenoxy) is 1. The number of nitrogens with one attached hydrogen (secondary N) is 1. The number of piperidine rings is 1. The predicted octanol–water partition coefficient (Wildman–Crippen LogP) is 3.80. The number of amides is 2. The van der Waals surface area contributed by atoms with Gasteiger partial charge in [-0.25, -0.2) is 0 Å². The first-order chi connectivity index (χ1) is 13.0.